The summed E-state index contributed by atoms with van der Waals surface area (Å²) in [5.74, 6) is 0. The van der Waals surface area contributed by atoms with Gasteiger partial charge in [-0.1, -0.05) is 0 Å². The number of nitrogens with one attached hydrogen (secondary N) is 2. The number of likely N-dealkylation sites (N-methyl/N-ethyl adjacent to an activating group) is 2. The van der Waals surface area contributed by atoms with Gasteiger partial charge in [0.25, 0.3) is 0 Å². The topological polar surface area (TPSA) is 57.4 Å². The molecule has 2 atom stereocenters. The summed E-state index contributed by atoms with van der Waals surface area (Å²) in [4.78, 5) is 16.2. The molecule has 0 aliphatic heterocycles. The van der Waals surface area contributed by atoms with E-state index >= 15 is 0 Å². The third kappa shape index (κ3) is 6.52. The fourth-order valence-corrected chi connectivity index (χ4v) is 7.26. The van der Waals surface area contributed by atoms with Crippen LogP contribution >= 0.6 is 0 Å². The molecule has 0 saturated heterocycles. The summed E-state index contributed by atoms with van der Waals surface area (Å²) in [7, 11) is 13.4. The van der Waals surface area contributed by atoms with Gasteiger partial charge in [-0.05, 0) is 0 Å². The molecule has 2 rings (SSSR count). The van der Waals surface area contributed by atoms with Crippen molar-refractivity contribution in [3.63, 3.8) is 0 Å². The van der Waals surface area contributed by atoms with Crippen molar-refractivity contribution >= 4 is 35.7 Å². The quantitative estimate of drug-likeness (QED) is 0.373. The Kier molecular flexibility index (Phi) is 7.16. The van der Waals surface area contributed by atoms with Gasteiger partial charge in [-0.2, -0.15) is 0 Å². The summed E-state index contributed by atoms with van der Waals surface area (Å²) in [6.07, 6.45) is 6.09. The van der Waals surface area contributed by atoms with Gasteiger partial charge in [-0.25, -0.2) is 0 Å². The summed E-state index contributed by atoms with van der Waals surface area (Å²) >= 11 is 0.678. The van der Waals surface area contributed by atoms with Crippen LogP contribution in [-0.4, -0.2) is 110 Å². The molecule has 0 fully saturated rings. The molecule has 146 valence electrons. The van der Waals surface area contributed by atoms with Crippen molar-refractivity contribution in [1.82, 2.24) is 19.9 Å². The first-order valence-corrected chi connectivity index (χ1v) is 15.0. The molecule has 26 heavy (non-hydrogen) atoms. The number of rotatable bonds is 9. The molecule has 0 saturated carbocycles. The first-order valence-electron chi connectivity index (χ1n) is 8.99. The second-order valence-electron chi connectivity index (χ2n) is 8.93. The fourth-order valence-electron chi connectivity index (χ4n) is 2.23. The average molecular weight is 492 g/mol. The van der Waals surface area contributed by atoms with E-state index in [9.17, 15) is 0 Å². The normalized spacial score (nSPS) is 15.2. The molecule has 0 spiro atoms. The number of H-pyrrole nitrogens is 2. The average Bonchev–Trinajstić information content (AvgIpc) is 3.12. The van der Waals surface area contributed by atoms with Crippen LogP contribution in [-0.2, 0) is 12.8 Å². The van der Waals surface area contributed by atoms with Crippen molar-refractivity contribution in [2.24, 2.45) is 0 Å². The van der Waals surface area contributed by atoms with Crippen molar-refractivity contribution in [2.45, 2.75) is 38.8 Å². The van der Waals surface area contributed by atoms with Crippen molar-refractivity contribution in [2.75, 3.05) is 42.3 Å². The van der Waals surface area contributed by atoms with E-state index in [1.165, 1.54) is 11.4 Å². The van der Waals surface area contributed by atoms with E-state index in [4.69, 9.17) is 0 Å². The van der Waals surface area contributed by atoms with Crippen molar-refractivity contribution in [3.05, 3.63) is 23.8 Å². The predicted octanol–water partition coefficient (Wildman–Crippen LogP) is -0.319. The SMILES string of the molecule is CC(Cc1cnc([Se][Se]c2ncc(CC(C)[N+](C)(C)C)[nH]2)[nH]1)[N+](C)(C)C. The summed E-state index contributed by atoms with van der Waals surface area (Å²) in [6, 6.07) is 1.13. The van der Waals surface area contributed by atoms with Crippen LogP contribution in [0.15, 0.2) is 12.4 Å². The molecule has 0 aliphatic carbocycles. The molecule has 0 radical (unpaired) electrons. The van der Waals surface area contributed by atoms with Crippen LogP contribution in [0.2, 0.25) is 0 Å². The number of hydrogen-bond donors (Lipinski definition) is 2. The maximum absolute atomic E-state index is 4.59. The number of hydrogen-bond acceptors (Lipinski definition) is 2. The number of quaternary nitrogens is 2. The van der Waals surface area contributed by atoms with Crippen molar-refractivity contribution < 1.29 is 8.97 Å². The minimum absolute atomic E-state index is 0.339. The Balaban J connectivity index is 1.86. The zero-order chi connectivity index (χ0) is 19.5. The molecular weight excluding hydrogens is 458 g/mol. The van der Waals surface area contributed by atoms with E-state index in [1.807, 2.05) is 12.4 Å². The number of aromatic nitrogens is 4. The summed E-state index contributed by atoms with van der Waals surface area (Å²) < 4.78 is 4.20. The number of imidazole rings is 2. The van der Waals surface area contributed by atoms with Crippen LogP contribution in [0.25, 0.3) is 0 Å². The van der Waals surface area contributed by atoms with Crippen LogP contribution in [0.5, 0.6) is 0 Å². The molecule has 6 nitrogen and oxygen atoms in total. The first-order chi connectivity index (χ1) is 11.9. The van der Waals surface area contributed by atoms with E-state index in [-0.39, 0.29) is 0 Å². The van der Waals surface area contributed by atoms with Crippen LogP contribution in [0, 0.1) is 0 Å². The first kappa shape index (κ1) is 21.7. The summed E-state index contributed by atoms with van der Waals surface area (Å²) in [5.41, 5.74) is 2.49. The van der Waals surface area contributed by atoms with Gasteiger partial charge in [-0.15, -0.1) is 0 Å². The predicted molar refractivity (Wildman–Crippen MR) is 110 cm³/mol. The molecule has 0 aromatic carbocycles. The number of nitrogens with zero attached hydrogens (tertiary/aromatic N) is 4. The van der Waals surface area contributed by atoms with Crippen LogP contribution in [0.3, 0.4) is 0 Å². The second-order valence-corrected chi connectivity index (χ2v) is 14.9. The number of aromatic amines is 2. The van der Waals surface area contributed by atoms with Gasteiger partial charge in [0.05, 0.1) is 0 Å². The van der Waals surface area contributed by atoms with E-state index < -0.39 is 0 Å². The monoisotopic (exact) mass is 494 g/mol. The van der Waals surface area contributed by atoms with E-state index in [0.29, 0.717) is 38.3 Å². The third-order valence-electron chi connectivity index (χ3n) is 5.09. The van der Waals surface area contributed by atoms with E-state index in [1.54, 1.807) is 0 Å². The van der Waals surface area contributed by atoms with Gasteiger partial charge in [0.2, 0.25) is 0 Å². The van der Waals surface area contributed by atoms with Gasteiger partial charge in [0.15, 0.2) is 0 Å². The molecule has 2 aromatic heterocycles. The van der Waals surface area contributed by atoms with Gasteiger partial charge < -0.3 is 0 Å². The van der Waals surface area contributed by atoms with Crippen molar-refractivity contribution in [3.8, 4) is 0 Å². The Morgan fingerprint density at radius 2 is 1.12 bits per heavy atom. The Morgan fingerprint density at radius 3 is 1.42 bits per heavy atom. The molecule has 0 amide bonds. The summed E-state index contributed by atoms with van der Waals surface area (Å²) in [5, 5.41) is 0. The molecule has 0 aliphatic rings. The molecule has 2 N–H and O–H groups in total. The molecule has 0 bridgehead atoms. The fraction of sp³-hybridized carbons (Fsp3) is 0.667. The minimum atomic E-state index is 0.339. The van der Waals surface area contributed by atoms with E-state index in [0.717, 1.165) is 31.3 Å². The van der Waals surface area contributed by atoms with Crippen LogP contribution in [0.1, 0.15) is 25.2 Å². The van der Waals surface area contributed by atoms with Gasteiger partial charge in [0, 0.05) is 0 Å². The molecule has 8 heteroatoms. The zero-order valence-electron chi connectivity index (χ0n) is 17.3. The Labute approximate surface area is 169 Å². The Bertz CT molecular complexity index is 635. The van der Waals surface area contributed by atoms with Crippen molar-refractivity contribution in [1.29, 1.82) is 0 Å². The van der Waals surface area contributed by atoms with Gasteiger partial charge in [-0.3, -0.25) is 0 Å². The third-order valence-corrected chi connectivity index (χ3v) is 11.1. The molecule has 2 heterocycles. The van der Waals surface area contributed by atoms with Crippen LogP contribution < -0.4 is 9.45 Å². The second kappa shape index (κ2) is 8.59. The molecule has 2 unspecified atom stereocenters. The Hall–Kier alpha value is -0.621. The van der Waals surface area contributed by atoms with Gasteiger partial charge in [0.1, 0.15) is 0 Å². The van der Waals surface area contributed by atoms with Gasteiger partial charge >= 0.3 is 169 Å². The molecule has 2 aromatic rings. The molecular formula is C18H34N6Se2+2. The summed E-state index contributed by atoms with van der Waals surface area (Å²) in [6.45, 7) is 4.58. The van der Waals surface area contributed by atoms with Crippen LogP contribution in [0.4, 0.5) is 0 Å². The standard InChI is InChI=1S/C18H34N6Se2/c1-13(23(3,4)5)9-15-11-19-17(21-15)25-26-18-20-12-16(22-18)10-14(2)24(6,7)8/h11-14H,9-10H2,1-8H3,(H,19,21)(H,20,22)/q+2. The zero-order valence-corrected chi connectivity index (χ0v) is 20.8. The Morgan fingerprint density at radius 1 is 0.769 bits per heavy atom. The van der Waals surface area contributed by atoms with E-state index in [2.05, 4.69) is 76.1 Å². The maximum atomic E-state index is 4.59.